The normalized spacial score (nSPS) is 11.4. The maximum Gasteiger partial charge on any atom is 0.168 e. The summed E-state index contributed by atoms with van der Waals surface area (Å²) in [5, 5.41) is 5.21. The second-order valence-corrected chi connectivity index (χ2v) is 6.32. The predicted octanol–water partition coefficient (Wildman–Crippen LogP) is 1.64. The lowest BCUT2D eigenvalue weighted by Gasteiger charge is -2.10. The third kappa shape index (κ3) is 4.62. The van der Waals surface area contributed by atoms with Gasteiger partial charge in [0.05, 0.1) is 5.75 Å². The third-order valence-electron chi connectivity index (χ3n) is 2.42. The molecule has 108 valence electrons. The number of hydrogen-bond donors (Lipinski definition) is 2. The third-order valence-corrected chi connectivity index (χ3v) is 4.12. The highest BCUT2D eigenvalue weighted by Crippen LogP contribution is 2.18. The molecular weight excluding hydrogens is 276 g/mol. The molecule has 0 fully saturated rings. The van der Waals surface area contributed by atoms with Gasteiger partial charge in [-0.3, -0.25) is 0 Å². The number of nitrogens with one attached hydrogen (secondary N) is 2. The summed E-state index contributed by atoms with van der Waals surface area (Å²) < 4.78 is 49.3. The predicted molar refractivity (Wildman–Crippen MR) is 71.1 cm³/mol. The van der Waals surface area contributed by atoms with Crippen LogP contribution in [0.2, 0.25) is 0 Å². The molecule has 0 aliphatic carbocycles. The van der Waals surface area contributed by atoms with Crippen molar-refractivity contribution in [1.82, 2.24) is 4.98 Å². The van der Waals surface area contributed by atoms with Gasteiger partial charge in [-0.15, -0.1) is 0 Å². The monoisotopic (exact) mass is 293 g/mol. The van der Waals surface area contributed by atoms with Gasteiger partial charge in [-0.25, -0.2) is 22.2 Å². The number of rotatable bonds is 7. The zero-order chi connectivity index (χ0) is 14.5. The van der Waals surface area contributed by atoms with Crippen molar-refractivity contribution < 1.29 is 17.2 Å². The Kier molecular flexibility index (Phi) is 5.46. The summed E-state index contributed by atoms with van der Waals surface area (Å²) in [5.41, 5.74) is 0. The molecule has 0 saturated heterocycles. The molecule has 0 bridgehead atoms. The van der Waals surface area contributed by atoms with E-state index in [1.807, 2.05) is 0 Å². The second-order valence-electron chi connectivity index (χ2n) is 3.84. The van der Waals surface area contributed by atoms with E-state index >= 15 is 0 Å². The van der Waals surface area contributed by atoms with Crippen molar-refractivity contribution in [1.29, 1.82) is 0 Å². The molecule has 0 atom stereocenters. The average Bonchev–Trinajstić information content (AvgIpc) is 2.35. The van der Waals surface area contributed by atoms with Crippen molar-refractivity contribution in [3.63, 3.8) is 0 Å². The van der Waals surface area contributed by atoms with Gasteiger partial charge in [0.1, 0.15) is 0 Å². The Morgan fingerprint density at radius 1 is 1.16 bits per heavy atom. The van der Waals surface area contributed by atoms with Gasteiger partial charge in [-0.2, -0.15) is 0 Å². The molecule has 0 amide bonds. The topological polar surface area (TPSA) is 71.1 Å². The van der Waals surface area contributed by atoms with Gasteiger partial charge in [0.2, 0.25) is 0 Å². The SMILES string of the molecule is CCNc1nc(NCCS(=O)(=O)CC)c(F)cc1F. The summed E-state index contributed by atoms with van der Waals surface area (Å²) in [5.74, 6) is -1.97. The van der Waals surface area contributed by atoms with E-state index in [2.05, 4.69) is 15.6 Å². The molecule has 8 heteroatoms. The lowest BCUT2D eigenvalue weighted by Crippen LogP contribution is -2.18. The van der Waals surface area contributed by atoms with Crippen LogP contribution in [0.5, 0.6) is 0 Å². The van der Waals surface area contributed by atoms with Crippen molar-refractivity contribution in [3.8, 4) is 0 Å². The molecule has 0 spiro atoms. The Morgan fingerprint density at radius 2 is 1.74 bits per heavy atom. The maximum atomic E-state index is 13.4. The van der Waals surface area contributed by atoms with E-state index in [1.54, 1.807) is 6.92 Å². The number of pyridine rings is 1. The fourth-order valence-electron chi connectivity index (χ4n) is 1.35. The Labute approximate surface area is 111 Å². The van der Waals surface area contributed by atoms with Gasteiger partial charge in [-0.1, -0.05) is 6.92 Å². The lowest BCUT2D eigenvalue weighted by molar-refractivity contribution is 0.577. The van der Waals surface area contributed by atoms with Crippen molar-refractivity contribution in [2.75, 3.05) is 35.2 Å². The van der Waals surface area contributed by atoms with E-state index in [0.29, 0.717) is 12.6 Å². The molecule has 0 radical (unpaired) electrons. The van der Waals surface area contributed by atoms with Crippen LogP contribution >= 0.6 is 0 Å². The lowest BCUT2D eigenvalue weighted by atomic mass is 10.4. The smallest absolute Gasteiger partial charge is 0.168 e. The average molecular weight is 293 g/mol. The molecule has 1 rings (SSSR count). The molecule has 1 aromatic heterocycles. The van der Waals surface area contributed by atoms with Crippen LogP contribution in [-0.4, -0.2) is 38.0 Å². The van der Waals surface area contributed by atoms with Crippen LogP contribution in [0, 0.1) is 11.6 Å². The van der Waals surface area contributed by atoms with E-state index in [-0.39, 0.29) is 29.7 Å². The van der Waals surface area contributed by atoms with Gasteiger partial charge in [0.25, 0.3) is 0 Å². The second kappa shape index (κ2) is 6.65. The summed E-state index contributed by atoms with van der Waals surface area (Å²) >= 11 is 0. The van der Waals surface area contributed by atoms with Gasteiger partial charge < -0.3 is 10.6 Å². The van der Waals surface area contributed by atoms with E-state index in [0.717, 1.165) is 0 Å². The van der Waals surface area contributed by atoms with Gasteiger partial charge in [-0.05, 0) is 6.92 Å². The Morgan fingerprint density at radius 3 is 2.26 bits per heavy atom. The molecule has 0 unspecified atom stereocenters. The summed E-state index contributed by atoms with van der Waals surface area (Å²) in [4.78, 5) is 3.74. The fraction of sp³-hybridized carbons (Fsp3) is 0.545. The van der Waals surface area contributed by atoms with Gasteiger partial charge in [0, 0.05) is 24.9 Å². The number of nitrogens with zero attached hydrogens (tertiary/aromatic N) is 1. The standard InChI is InChI=1S/C11H17F2N3O2S/c1-3-14-10-8(12)7-9(13)11(16-10)15-5-6-19(17,18)4-2/h7H,3-6H2,1-2H3,(H2,14,15,16). The number of aromatic nitrogens is 1. The van der Waals surface area contributed by atoms with Crippen LogP contribution in [0.4, 0.5) is 20.4 Å². The van der Waals surface area contributed by atoms with Crippen LogP contribution in [-0.2, 0) is 9.84 Å². The Balaban J connectivity index is 2.75. The molecular formula is C11H17F2N3O2S. The summed E-state index contributed by atoms with van der Waals surface area (Å²) in [7, 11) is -3.13. The van der Waals surface area contributed by atoms with Gasteiger partial charge >= 0.3 is 0 Å². The molecule has 1 heterocycles. The Bertz CT molecular complexity index is 535. The van der Waals surface area contributed by atoms with E-state index < -0.39 is 21.5 Å². The number of anilines is 2. The summed E-state index contributed by atoms with van der Waals surface area (Å²) in [6, 6.07) is 0.710. The fourth-order valence-corrected chi connectivity index (χ4v) is 2.05. The molecule has 0 saturated carbocycles. The molecule has 1 aromatic rings. The quantitative estimate of drug-likeness (QED) is 0.799. The minimum absolute atomic E-state index is 0.0245. The molecule has 19 heavy (non-hydrogen) atoms. The minimum Gasteiger partial charge on any atom is -0.368 e. The highest BCUT2D eigenvalue weighted by Gasteiger charge is 2.12. The molecule has 0 aliphatic rings. The van der Waals surface area contributed by atoms with Gasteiger partial charge in [0.15, 0.2) is 33.1 Å². The maximum absolute atomic E-state index is 13.4. The summed E-state index contributed by atoms with van der Waals surface area (Å²) in [6.45, 7) is 3.76. The van der Waals surface area contributed by atoms with Crippen LogP contribution in [0.15, 0.2) is 6.07 Å². The zero-order valence-corrected chi connectivity index (χ0v) is 11.7. The Hall–Kier alpha value is -1.44. The first kappa shape index (κ1) is 15.6. The molecule has 5 nitrogen and oxygen atoms in total. The molecule has 0 aliphatic heterocycles. The molecule has 0 aromatic carbocycles. The molecule has 2 N–H and O–H groups in total. The van der Waals surface area contributed by atoms with Crippen LogP contribution in [0.1, 0.15) is 13.8 Å². The first-order valence-corrected chi connectivity index (χ1v) is 7.76. The number of hydrogen-bond acceptors (Lipinski definition) is 5. The van der Waals surface area contributed by atoms with E-state index in [9.17, 15) is 17.2 Å². The first-order valence-electron chi connectivity index (χ1n) is 5.93. The van der Waals surface area contributed by atoms with Crippen molar-refractivity contribution in [2.24, 2.45) is 0 Å². The highest BCUT2D eigenvalue weighted by molar-refractivity contribution is 7.91. The highest BCUT2D eigenvalue weighted by atomic mass is 32.2. The summed E-state index contributed by atoms with van der Waals surface area (Å²) in [6.07, 6.45) is 0. The minimum atomic E-state index is -3.13. The number of halogens is 2. The van der Waals surface area contributed by atoms with Crippen molar-refractivity contribution in [2.45, 2.75) is 13.8 Å². The van der Waals surface area contributed by atoms with Crippen molar-refractivity contribution in [3.05, 3.63) is 17.7 Å². The van der Waals surface area contributed by atoms with Crippen molar-refractivity contribution >= 4 is 21.5 Å². The van der Waals surface area contributed by atoms with Crippen LogP contribution in [0.25, 0.3) is 0 Å². The first-order chi connectivity index (χ1) is 8.89. The van der Waals surface area contributed by atoms with E-state index in [1.165, 1.54) is 6.92 Å². The van der Waals surface area contributed by atoms with Crippen LogP contribution < -0.4 is 10.6 Å². The number of sulfone groups is 1. The zero-order valence-electron chi connectivity index (χ0n) is 10.8. The largest absolute Gasteiger partial charge is 0.368 e. The van der Waals surface area contributed by atoms with Crippen LogP contribution in [0.3, 0.4) is 0 Å². The van der Waals surface area contributed by atoms with E-state index in [4.69, 9.17) is 0 Å².